The first-order valence-corrected chi connectivity index (χ1v) is 6.26. The Hall–Kier alpha value is -2.69. The largest absolute Gasteiger partial charge is 0.470 e. The summed E-state index contributed by atoms with van der Waals surface area (Å²) < 4.78 is 5.51. The predicted molar refractivity (Wildman–Crippen MR) is 75.7 cm³/mol. The van der Waals surface area contributed by atoms with Crippen molar-refractivity contribution in [1.29, 1.82) is 0 Å². The molecule has 2 aromatic heterocycles. The zero-order chi connectivity index (χ0) is 13.9. The summed E-state index contributed by atoms with van der Waals surface area (Å²) in [5.41, 5.74) is 1.56. The van der Waals surface area contributed by atoms with E-state index in [-0.39, 0.29) is 12.2 Å². The molecule has 0 aliphatic rings. The molecule has 100 valence electrons. The van der Waals surface area contributed by atoms with Crippen LogP contribution in [0.4, 0.5) is 0 Å². The maximum absolute atomic E-state index is 11.9. The van der Waals surface area contributed by atoms with Crippen LogP contribution in [-0.2, 0) is 6.61 Å². The molecular weight excluding hydrogens is 254 g/mol. The minimum atomic E-state index is -0.161. The molecule has 0 unspecified atom stereocenters. The number of para-hydroxylation sites is 1. The minimum Gasteiger partial charge on any atom is -0.470 e. The lowest BCUT2D eigenvalue weighted by molar-refractivity contribution is 0.284. The fourth-order valence-electron chi connectivity index (χ4n) is 1.89. The number of rotatable bonds is 3. The van der Waals surface area contributed by atoms with E-state index >= 15 is 0 Å². The third-order valence-corrected chi connectivity index (χ3v) is 2.90. The molecule has 0 saturated carbocycles. The molecule has 5 heteroatoms. The van der Waals surface area contributed by atoms with Gasteiger partial charge in [-0.15, -0.1) is 0 Å². The van der Waals surface area contributed by atoms with Crippen LogP contribution < -0.4 is 10.3 Å². The Kier molecular flexibility index (Phi) is 3.16. The quantitative estimate of drug-likeness (QED) is 0.790. The highest BCUT2D eigenvalue weighted by Crippen LogP contribution is 2.09. The van der Waals surface area contributed by atoms with Gasteiger partial charge in [0.25, 0.3) is 5.56 Å². The number of H-pyrrole nitrogens is 1. The lowest BCUT2D eigenvalue weighted by atomic mass is 10.2. The highest BCUT2D eigenvalue weighted by atomic mass is 16.5. The van der Waals surface area contributed by atoms with Crippen LogP contribution in [-0.4, -0.2) is 15.0 Å². The molecule has 0 amide bonds. The number of aryl methyl sites for hydroxylation is 1. The number of pyridine rings is 1. The number of benzene rings is 1. The summed E-state index contributed by atoms with van der Waals surface area (Å²) in [5, 5.41) is 0.574. The van der Waals surface area contributed by atoms with Crippen molar-refractivity contribution in [2.75, 3.05) is 0 Å². The van der Waals surface area contributed by atoms with Gasteiger partial charge >= 0.3 is 0 Å². The molecule has 3 aromatic rings. The van der Waals surface area contributed by atoms with Gasteiger partial charge in [-0.3, -0.25) is 4.79 Å². The van der Waals surface area contributed by atoms with Crippen LogP contribution in [0.2, 0.25) is 0 Å². The highest BCUT2D eigenvalue weighted by Gasteiger charge is 2.04. The maximum Gasteiger partial charge on any atom is 0.258 e. The Morgan fingerprint density at radius 3 is 2.85 bits per heavy atom. The van der Waals surface area contributed by atoms with Gasteiger partial charge in [-0.25, -0.2) is 9.97 Å². The Morgan fingerprint density at radius 2 is 2.05 bits per heavy atom. The summed E-state index contributed by atoms with van der Waals surface area (Å²) in [6.07, 6.45) is 1.73. The van der Waals surface area contributed by atoms with E-state index in [0.717, 1.165) is 5.56 Å². The number of nitrogens with one attached hydrogen (secondary N) is 1. The molecule has 0 bridgehead atoms. The molecule has 0 aliphatic carbocycles. The second-order valence-electron chi connectivity index (χ2n) is 4.49. The lowest BCUT2D eigenvalue weighted by Gasteiger charge is -2.05. The van der Waals surface area contributed by atoms with Crippen LogP contribution >= 0.6 is 0 Å². The second kappa shape index (κ2) is 5.13. The van der Waals surface area contributed by atoms with Crippen LogP contribution in [0.3, 0.4) is 0 Å². The van der Waals surface area contributed by atoms with Crippen molar-refractivity contribution in [3.63, 3.8) is 0 Å². The van der Waals surface area contributed by atoms with Gasteiger partial charge in [0.05, 0.1) is 10.9 Å². The van der Waals surface area contributed by atoms with Crippen molar-refractivity contribution in [3.8, 4) is 5.88 Å². The molecule has 3 rings (SSSR count). The molecule has 0 spiro atoms. The lowest BCUT2D eigenvalue weighted by Crippen LogP contribution is -2.13. The van der Waals surface area contributed by atoms with Gasteiger partial charge in [0.1, 0.15) is 12.4 Å². The first-order chi connectivity index (χ1) is 9.72. The van der Waals surface area contributed by atoms with E-state index in [1.165, 1.54) is 0 Å². The van der Waals surface area contributed by atoms with E-state index in [1.807, 2.05) is 25.1 Å². The second-order valence-corrected chi connectivity index (χ2v) is 4.49. The fraction of sp³-hybridized carbons (Fsp3) is 0.133. The van der Waals surface area contributed by atoms with Crippen LogP contribution in [0.15, 0.2) is 47.4 Å². The Morgan fingerprint density at radius 1 is 1.20 bits per heavy atom. The summed E-state index contributed by atoms with van der Waals surface area (Å²) in [5.74, 6) is 0.988. The zero-order valence-electron chi connectivity index (χ0n) is 11.0. The van der Waals surface area contributed by atoms with Crippen molar-refractivity contribution >= 4 is 10.9 Å². The third-order valence-electron chi connectivity index (χ3n) is 2.90. The van der Waals surface area contributed by atoms with Crippen molar-refractivity contribution < 1.29 is 4.74 Å². The van der Waals surface area contributed by atoms with E-state index < -0.39 is 0 Å². The van der Waals surface area contributed by atoms with Crippen LogP contribution in [0.25, 0.3) is 10.9 Å². The Balaban J connectivity index is 1.84. The number of aromatic nitrogens is 3. The molecule has 1 aromatic carbocycles. The average Bonchev–Trinajstić information content (AvgIpc) is 2.47. The molecule has 1 N–H and O–H groups in total. The Bertz CT molecular complexity index is 794. The monoisotopic (exact) mass is 267 g/mol. The summed E-state index contributed by atoms with van der Waals surface area (Å²) in [7, 11) is 0. The average molecular weight is 267 g/mol. The van der Waals surface area contributed by atoms with Gasteiger partial charge < -0.3 is 9.72 Å². The molecule has 0 aliphatic heterocycles. The number of hydrogen-bond donors (Lipinski definition) is 1. The van der Waals surface area contributed by atoms with Crippen LogP contribution in [0, 0.1) is 6.92 Å². The SMILES string of the molecule is Cc1ccc(OCc2nc3ccccc3c(=O)[nH]2)nc1. The molecular formula is C15H13N3O2. The number of nitrogens with zero attached hydrogens (tertiary/aromatic N) is 2. The first kappa shape index (κ1) is 12.3. The molecule has 0 fully saturated rings. The normalized spacial score (nSPS) is 10.7. The molecule has 20 heavy (non-hydrogen) atoms. The molecule has 0 saturated heterocycles. The highest BCUT2D eigenvalue weighted by molar-refractivity contribution is 5.77. The molecule has 0 radical (unpaired) electrons. The number of fused-ring (bicyclic) bond motifs is 1. The minimum absolute atomic E-state index is 0.161. The van der Waals surface area contributed by atoms with E-state index in [4.69, 9.17) is 4.74 Å². The third kappa shape index (κ3) is 2.51. The topological polar surface area (TPSA) is 67.9 Å². The number of aromatic amines is 1. The smallest absolute Gasteiger partial charge is 0.258 e. The Labute approximate surface area is 115 Å². The van der Waals surface area contributed by atoms with E-state index in [1.54, 1.807) is 24.4 Å². The van der Waals surface area contributed by atoms with Gasteiger partial charge in [0.2, 0.25) is 5.88 Å². The predicted octanol–water partition coefficient (Wildman–Crippen LogP) is 2.21. The number of ether oxygens (including phenoxy) is 1. The van der Waals surface area contributed by atoms with Crippen molar-refractivity contribution in [2.45, 2.75) is 13.5 Å². The molecule has 5 nitrogen and oxygen atoms in total. The standard InChI is InChI=1S/C15H13N3O2/c1-10-6-7-14(16-8-10)20-9-13-17-12-5-3-2-4-11(12)15(19)18-13/h2-8H,9H2,1H3,(H,17,18,19). The van der Waals surface area contributed by atoms with Crippen LogP contribution in [0.5, 0.6) is 5.88 Å². The van der Waals surface area contributed by atoms with Gasteiger partial charge in [0, 0.05) is 12.3 Å². The summed E-state index contributed by atoms with van der Waals surface area (Å²) >= 11 is 0. The van der Waals surface area contributed by atoms with Crippen molar-refractivity contribution in [3.05, 3.63) is 64.3 Å². The van der Waals surface area contributed by atoms with Gasteiger partial charge in [0.15, 0.2) is 0 Å². The summed E-state index contributed by atoms with van der Waals surface area (Å²) in [6.45, 7) is 2.13. The van der Waals surface area contributed by atoms with Gasteiger partial charge in [-0.2, -0.15) is 0 Å². The fourth-order valence-corrected chi connectivity index (χ4v) is 1.89. The molecule has 2 heterocycles. The molecule has 0 atom stereocenters. The van der Waals surface area contributed by atoms with E-state index in [0.29, 0.717) is 22.6 Å². The van der Waals surface area contributed by atoms with E-state index in [2.05, 4.69) is 15.0 Å². The van der Waals surface area contributed by atoms with Crippen molar-refractivity contribution in [1.82, 2.24) is 15.0 Å². The zero-order valence-corrected chi connectivity index (χ0v) is 11.0. The first-order valence-electron chi connectivity index (χ1n) is 6.26. The van der Waals surface area contributed by atoms with E-state index in [9.17, 15) is 4.79 Å². The summed E-state index contributed by atoms with van der Waals surface area (Å²) in [6, 6.07) is 10.9. The summed E-state index contributed by atoms with van der Waals surface area (Å²) in [4.78, 5) is 23.1. The van der Waals surface area contributed by atoms with Gasteiger partial charge in [-0.1, -0.05) is 18.2 Å². The van der Waals surface area contributed by atoms with Gasteiger partial charge in [-0.05, 0) is 24.6 Å². The van der Waals surface area contributed by atoms with Crippen LogP contribution in [0.1, 0.15) is 11.4 Å². The van der Waals surface area contributed by atoms with Crippen molar-refractivity contribution in [2.24, 2.45) is 0 Å². The number of hydrogen-bond acceptors (Lipinski definition) is 4. The maximum atomic E-state index is 11.9.